The molecule has 2 N–H and O–H groups in total. The number of anilines is 1. The highest BCUT2D eigenvalue weighted by Gasteiger charge is 2.13. The Balaban J connectivity index is 0.00000261. The molecule has 1 heterocycles. The highest BCUT2D eigenvalue weighted by Crippen LogP contribution is 2.32. The molecule has 2 aromatic carbocycles. The predicted molar refractivity (Wildman–Crippen MR) is 105 cm³/mol. The Morgan fingerprint density at radius 2 is 1.81 bits per heavy atom. The molecule has 0 aliphatic heterocycles. The Kier molecular flexibility index (Phi) is 6.78. The van der Waals surface area contributed by atoms with Gasteiger partial charge in [0.2, 0.25) is 0 Å². The fraction of sp³-hybridized carbons (Fsp3) is 0.176. The smallest absolute Gasteiger partial charge is 0.272 e. The molecule has 3 rings (SSSR count). The molecule has 0 fully saturated rings. The second-order valence-electron chi connectivity index (χ2n) is 5.47. The summed E-state index contributed by atoms with van der Waals surface area (Å²) in [6, 6.07) is 10.2. The molecule has 8 nitrogen and oxygen atoms in total. The van der Waals surface area contributed by atoms with Crippen LogP contribution in [0, 0.1) is 0 Å². The molecule has 0 aliphatic carbocycles. The second-order valence-corrected chi connectivity index (χ2v) is 6.14. The molecule has 1 aromatic heterocycles. The number of nitrogens with one attached hydrogen (secondary N) is 2. The summed E-state index contributed by atoms with van der Waals surface area (Å²) in [4.78, 5) is 12.1. The van der Waals surface area contributed by atoms with Crippen LogP contribution in [-0.4, -0.2) is 33.2 Å². The van der Waals surface area contributed by atoms with Gasteiger partial charge in [-0.3, -0.25) is 9.00 Å². The number of benzene rings is 2. The molecule has 10 heteroatoms. The Morgan fingerprint density at radius 3 is 2.44 bits per heavy atom. The van der Waals surface area contributed by atoms with Crippen molar-refractivity contribution in [2.24, 2.45) is 0 Å². The summed E-state index contributed by atoms with van der Waals surface area (Å²) >= 11 is -2.40. The number of halogens is 1. The average Bonchev–Trinajstić information content (AvgIpc) is 2.63. The van der Waals surface area contributed by atoms with Crippen LogP contribution in [0.25, 0.3) is 10.8 Å². The van der Waals surface area contributed by atoms with Crippen molar-refractivity contribution < 1.29 is 18.2 Å². The van der Waals surface area contributed by atoms with Crippen LogP contribution in [0.5, 0.6) is 11.5 Å². The molecule has 0 aliphatic rings. The lowest BCUT2D eigenvalue weighted by atomic mass is 10.0. The fourth-order valence-corrected chi connectivity index (χ4v) is 3.03. The van der Waals surface area contributed by atoms with Gasteiger partial charge in [0, 0.05) is 28.8 Å². The van der Waals surface area contributed by atoms with Crippen molar-refractivity contribution >= 4 is 40.1 Å². The quantitative estimate of drug-likeness (QED) is 0.601. The zero-order valence-electron chi connectivity index (χ0n) is 14.5. The number of aromatic nitrogens is 2. The number of hydrogen-bond donors (Lipinski definition) is 2. The molecule has 144 valence electrons. The van der Waals surface area contributed by atoms with E-state index in [1.54, 1.807) is 30.3 Å². The summed E-state index contributed by atoms with van der Waals surface area (Å²) < 4.78 is 34.5. The van der Waals surface area contributed by atoms with Crippen LogP contribution in [0.2, 0.25) is 0 Å². The Morgan fingerprint density at radius 1 is 1.15 bits per heavy atom. The molecule has 0 saturated heterocycles. The Labute approximate surface area is 163 Å². The van der Waals surface area contributed by atoms with E-state index >= 15 is 0 Å². The molecule has 1 unspecified atom stereocenters. The van der Waals surface area contributed by atoms with Crippen LogP contribution in [0.4, 0.5) is 5.69 Å². The van der Waals surface area contributed by atoms with Crippen LogP contribution in [0.15, 0.2) is 41.2 Å². The minimum absolute atomic E-state index is 0. The number of methoxy groups -OCH3 is 2. The van der Waals surface area contributed by atoms with E-state index in [0.717, 1.165) is 5.56 Å². The van der Waals surface area contributed by atoms with E-state index < -0.39 is 11.3 Å². The summed E-state index contributed by atoms with van der Waals surface area (Å²) in [5.41, 5.74) is 1.57. The van der Waals surface area contributed by atoms with E-state index in [0.29, 0.717) is 40.1 Å². The largest absolute Gasteiger partial charge is 0.755 e. The first kappa shape index (κ1) is 20.7. The van der Waals surface area contributed by atoms with Gasteiger partial charge in [-0.25, -0.2) is 5.10 Å². The lowest BCUT2D eigenvalue weighted by molar-refractivity contribution is 0.356. The van der Waals surface area contributed by atoms with Crippen molar-refractivity contribution in [1.29, 1.82) is 0 Å². The third-order valence-electron chi connectivity index (χ3n) is 3.87. The van der Waals surface area contributed by atoms with Crippen LogP contribution < -0.4 is 19.8 Å². The summed E-state index contributed by atoms with van der Waals surface area (Å²) in [6.07, 6.45) is 0.393. The molecular formula is C17H17ClN3O5S-. The van der Waals surface area contributed by atoms with E-state index in [1.165, 1.54) is 14.2 Å². The summed E-state index contributed by atoms with van der Waals surface area (Å²) in [5, 5.41) is 7.70. The number of H-pyrrole nitrogens is 1. The SMILES string of the molecule is COc1cc2c(Cc3cccc(NS(=O)[O-])c3)n[nH]c(=O)c2cc1OC.Cl. The topological polar surface area (TPSA) is 116 Å². The van der Waals surface area contributed by atoms with Crippen molar-refractivity contribution in [3.63, 3.8) is 0 Å². The Bertz CT molecular complexity index is 1040. The molecule has 0 amide bonds. The van der Waals surface area contributed by atoms with Gasteiger partial charge in [0.05, 0.1) is 25.3 Å². The molecule has 27 heavy (non-hydrogen) atoms. The van der Waals surface area contributed by atoms with Crippen LogP contribution >= 0.6 is 12.4 Å². The summed E-state index contributed by atoms with van der Waals surface area (Å²) in [7, 11) is 3.01. The number of hydrogen-bond acceptors (Lipinski definition) is 6. The van der Waals surface area contributed by atoms with Crippen molar-refractivity contribution in [1.82, 2.24) is 10.2 Å². The first-order chi connectivity index (χ1) is 12.5. The van der Waals surface area contributed by atoms with Crippen molar-refractivity contribution in [3.8, 4) is 11.5 Å². The normalized spacial score (nSPS) is 11.5. The number of fused-ring (bicyclic) bond motifs is 1. The number of aromatic amines is 1. The maximum absolute atomic E-state index is 12.1. The number of nitrogens with zero attached hydrogens (tertiary/aromatic N) is 1. The van der Waals surface area contributed by atoms with Crippen LogP contribution in [-0.2, 0) is 17.7 Å². The van der Waals surface area contributed by atoms with E-state index in [1.807, 2.05) is 6.07 Å². The minimum Gasteiger partial charge on any atom is -0.755 e. The highest BCUT2D eigenvalue weighted by atomic mass is 35.5. The lowest BCUT2D eigenvalue weighted by Gasteiger charge is -2.12. The molecule has 0 spiro atoms. The van der Waals surface area contributed by atoms with E-state index in [9.17, 15) is 13.6 Å². The predicted octanol–water partition coefficient (Wildman–Crippen LogP) is 2.16. The van der Waals surface area contributed by atoms with Crippen LogP contribution in [0.1, 0.15) is 11.3 Å². The molecule has 0 bridgehead atoms. The molecule has 0 radical (unpaired) electrons. The first-order valence-corrected chi connectivity index (χ1v) is 8.67. The van der Waals surface area contributed by atoms with E-state index in [4.69, 9.17) is 9.47 Å². The molecule has 0 saturated carbocycles. The van der Waals surface area contributed by atoms with Crippen LogP contribution in [0.3, 0.4) is 0 Å². The summed E-state index contributed by atoms with van der Waals surface area (Å²) in [5.74, 6) is 0.942. The molecular weight excluding hydrogens is 394 g/mol. The maximum Gasteiger partial charge on any atom is 0.272 e. The van der Waals surface area contributed by atoms with Gasteiger partial charge in [-0.2, -0.15) is 5.10 Å². The monoisotopic (exact) mass is 410 g/mol. The van der Waals surface area contributed by atoms with Gasteiger partial charge in [-0.05, 0) is 29.8 Å². The lowest BCUT2D eigenvalue weighted by Crippen LogP contribution is -2.12. The number of ether oxygens (including phenoxy) is 2. The summed E-state index contributed by atoms with van der Waals surface area (Å²) in [6.45, 7) is 0. The first-order valence-electron chi connectivity index (χ1n) is 7.60. The van der Waals surface area contributed by atoms with Crippen molar-refractivity contribution in [2.45, 2.75) is 6.42 Å². The second kappa shape index (κ2) is 8.85. The van der Waals surface area contributed by atoms with Gasteiger partial charge < -0.3 is 18.7 Å². The van der Waals surface area contributed by atoms with Gasteiger partial charge in [0.15, 0.2) is 11.5 Å². The third-order valence-corrected chi connectivity index (χ3v) is 4.27. The zero-order valence-corrected chi connectivity index (χ0v) is 16.1. The van der Waals surface area contributed by atoms with Crippen molar-refractivity contribution in [3.05, 3.63) is 58.0 Å². The fourth-order valence-electron chi connectivity index (χ4n) is 2.71. The molecule has 3 aromatic rings. The van der Waals surface area contributed by atoms with Gasteiger partial charge in [0.1, 0.15) is 0 Å². The van der Waals surface area contributed by atoms with E-state index in [-0.39, 0.29) is 18.0 Å². The van der Waals surface area contributed by atoms with Crippen molar-refractivity contribution in [2.75, 3.05) is 18.9 Å². The van der Waals surface area contributed by atoms with Gasteiger partial charge in [0.25, 0.3) is 5.56 Å². The van der Waals surface area contributed by atoms with Gasteiger partial charge in [-0.15, -0.1) is 12.4 Å². The number of rotatable bonds is 6. The van der Waals surface area contributed by atoms with E-state index in [2.05, 4.69) is 14.9 Å². The highest BCUT2D eigenvalue weighted by molar-refractivity contribution is 7.80. The zero-order chi connectivity index (χ0) is 18.7. The average molecular weight is 411 g/mol. The third kappa shape index (κ3) is 4.57. The standard InChI is InChI=1S/C17H17N3O5S.ClH/c1-24-15-8-12-13(9-16(15)25-2)17(21)19-18-14(12)7-10-4-3-5-11(6-10)20-26(22)23;/h3-6,8-9,20H,7H2,1-2H3,(H,19,21)(H,22,23);1H/p-1. The Hall–Kier alpha value is -2.62. The van der Waals surface area contributed by atoms with Gasteiger partial charge >= 0.3 is 0 Å². The molecule has 1 atom stereocenters. The maximum atomic E-state index is 12.1. The van der Waals surface area contributed by atoms with Gasteiger partial charge in [-0.1, -0.05) is 12.1 Å². The minimum atomic E-state index is -2.40.